The number of hydrogen-bond donors (Lipinski definition) is 0. The van der Waals surface area contributed by atoms with E-state index in [1.54, 1.807) is 24.3 Å². The summed E-state index contributed by atoms with van der Waals surface area (Å²) >= 11 is 0. The minimum Gasteiger partial charge on any atom is -0.434 e. The quantitative estimate of drug-likeness (QED) is 0.494. The lowest BCUT2D eigenvalue weighted by molar-refractivity contribution is -0.109. The van der Waals surface area contributed by atoms with Crippen molar-refractivity contribution >= 4 is 29.4 Å². The summed E-state index contributed by atoms with van der Waals surface area (Å²) in [6.07, 6.45) is 2.42. The van der Waals surface area contributed by atoms with Crippen molar-refractivity contribution < 1.29 is 14.3 Å². The molecule has 0 unspecified atom stereocenters. The zero-order valence-corrected chi connectivity index (χ0v) is 13.0. The zero-order chi connectivity index (χ0) is 16.9. The van der Waals surface area contributed by atoms with Crippen LogP contribution in [0.2, 0.25) is 0 Å². The maximum absolute atomic E-state index is 11.9. The molecule has 2 aromatic rings. The molecule has 0 saturated heterocycles. The Morgan fingerprint density at radius 2 is 1.75 bits per heavy atom. The Morgan fingerprint density at radius 1 is 1.04 bits per heavy atom. The molecule has 0 spiro atoms. The topological polar surface area (TPSA) is 68.1 Å². The van der Waals surface area contributed by atoms with E-state index in [0.29, 0.717) is 11.3 Å². The molecule has 118 valence electrons. The highest BCUT2D eigenvalue weighted by atomic mass is 16.5. The summed E-state index contributed by atoms with van der Waals surface area (Å²) in [6, 6.07) is 16.3. The number of Topliss-reactive ketones (excluding diaryl/α,β-unsaturated/α-hetero) is 1. The van der Waals surface area contributed by atoms with Crippen LogP contribution < -0.4 is 0 Å². The Kier molecular flexibility index (Phi) is 4.43. The van der Waals surface area contributed by atoms with Crippen molar-refractivity contribution in [1.29, 1.82) is 0 Å². The standard InChI is InChI=1S/C19H14N2O3/c1-13-7-9-15(10-8-13)18-11-16(22)19(24-18)21-20-12-17(23)14-5-3-2-4-6-14/h2-12H,1H3. The van der Waals surface area contributed by atoms with Crippen molar-refractivity contribution in [3.05, 3.63) is 77.4 Å². The van der Waals surface area contributed by atoms with Crippen LogP contribution in [0.3, 0.4) is 0 Å². The summed E-state index contributed by atoms with van der Waals surface area (Å²) in [6.45, 7) is 1.98. The number of ketones is 2. The summed E-state index contributed by atoms with van der Waals surface area (Å²) < 4.78 is 5.42. The van der Waals surface area contributed by atoms with Crippen LogP contribution in [-0.2, 0) is 9.53 Å². The molecule has 5 nitrogen and oxygen atoms in total. The van der Waals surface area contributed by atoms with E-state index in [9.17, 15) is 9.59 Å². The van der Waals surface area contributed by atoms with Crippen LogP contribution in [0, 0.1) is 6.92 Å². The van der Waals surface area contributed by atoms with Crippen molar-refractivity contribution in [2.45, 2.75) is 6.92 Å². The fraction of sp³-hybridized carbons (Fsp3) is 0.0526. The molecule has 0 fully saturated rings. The largest absolute Gasteiger partial charge is 0.434 e. The maximum Gasteiger partial charge on any atom is 0.287 e. The van der Waals surface area contributed by atoms with E-state index in [2.05, 4.69) is 10.2 Å². The van der Waals surface area contributed by atoms with Gasteiger partial charge in [0.15, 0.2) is 0 Å². The highest BCUT2D eigenvalue weighted by Crippen LogP contribution is 2.22. The number of benzene rings is 2. The predicted molar refractivity (Wildman–Crippen MR) is 91.9 cm³/mol. The molecular weight excluding hydrogens is 304 g/mol. The lowest BCUT2D eigenvalue weighted by Gasteiger charge is -2.02. The van der Waals surface area contributed by atoms with E-state index in [1.165, 1.54) is 6.08 Å². The average molecular weight is 318 g/mol. The molecule has 0 N–H and O–H groups in total. The van der Waals surface area contributed by atoms with E-state index in [1.807, 2.05) is 37.3 Å². The number of carbonyl (C=O) groups is 2. The Morgan fingerprint density at radius 3 is 2.46 bits per heavy atom. The lowest BCUT2D eigenvalue weighted by Crippen LogP contribution is -2.07. The van der Waals surface area contributed by atoms with E-state index in [0.717, 1.165) is 17.3 Å². The smallest absolute Gasteiger partial charge is 0.287 e. The molecule has 1 aliphatic heterocycles. The fourth-order valence-corrected chi connectivity index (χ4v) is 2.11. The fourth-order valence-electron chi connectivity index (χ4n) is 2.11. The number of rotatable bonds is 4. The lowest BCUT2D eigenvalue weighted by atomic mass is 10.1. The zero-order valence-electron chi connectivity index (χ0n) is 13.0. The molecule has 0 saturated carbocycles. The van der Waals surface area contributed by atoms with Gasteiger partial charge >= 0.3 is 0 Å². The molecule has 1 aliphatic rings. The van der Waals surface area contributed by atoms with Crippen LogP contribution in [0.5, 0.6) is 0 Å². The molecule has 5 heteroatoms. The molecule has 0 aromatic heterocycles. The molecule has 0 amide bonds. The third-order valence-corrected chi connectivity index (χ3v) is 3.40. The van der Waals surface area contributed by atoms with Gasteiger partial charge in [0, 0.05) is 17.2 Å². The summed E-state index contributed by atoms with van der Waals surface area (Å²) in [4.78, 5) is 23.7. The average Bonchev–Trinajstić information content (AvgIpc) is 2.97. The first kappa shape index (κ1) is 15.6. The minimum atomic E-state index is -0.380. The first-order valence-electron chi connectivity index (χ1n) is 7.35. The maximum atomic E-state index is 11.9. The molecule has 0 bridgehead atoms. The number of aryl methyl sites for hydroxylation is 1. The van der Waals surface area contributed by atoms with Gasteiger partial charge < -0.3 is 4.74 Å². The monoisotopic (exact) mass is 318 g/mol. The first-order valence-corrected chi connectivity index (χ1v) is 7.35. The van der Waals surface area contributed by atoms with Crippen LogP contribution >= 0.6 is 0 Å². The molecule has 0 radical (unpaired) electrons. The van der Waals surface area contributed by atoms with Crippen molar-refractivity contribution in [3.8, 4) is 0 Å². The van der Waals surface area contributed by atoms with Gasteiger partial charge in [-0.05, 0) is 6.92 Å². The van der Waals surface area contributed by atoms with E-state index >= 15 is 0 Å². The third kappa shape index (κ3) is 3.52. The molecule has 3 rings (SSSR count). The van der Waals surface area contributed by atoms with Gasteiger partial charge in [-0.2, -0.15) is 5.10 Å². The molecule has 24 heavy (non-hydrogen) atoms. The first-order chi connectivity index (χ1) is 11.6. The summed E-state index contributed by atoms with van der Waals surface area (Å²) in [5.74, 6) is -0.405. The molecule has 2 aromatic carbocycles. The van der Waals surface area contributed by atoms with Crippen molar-refractivity contribution in [1.82, 2.24) is 0 Å². The second-order valence-corrected chi connectivity index (χ2v) is 5.22. The van der Waals surface area contributed by atoms with E-state index in [4.69, 9.17) is 4.74 Å². The number of hydrogen-bond acceptors (Lipinski definition) is 5. The Hall–Kier alpha value is -3.34. The van der Waals surface area contributed by atoms with Crippen LogP contribution in [0.25, 0.3) is 5.76 Å². The number of nitrogens with zero attached hydrogens (tertiary/aromatic N) is 2. The summed E-state index contributed by atoms with van der Waals surface area (Å²) in [5.41, 5.74) is 2.39. The van der Waals surface area contributed by atoms with Crippen LogP contribution in [0.4, 0.5) is 0 Å². The van der Waals surface area contributed by atoms with Gasteiger partial charge in [-0.25, -0.2) is 0 Å². The van der Waals surface area contributed by atoms with E-state index in [-0.39, 0.29) is 17.5 Å². The van der Waals surface area contributed by atoms with Crippen molar-refractivity contribution in [3.63, 3.8) is 0 Å². The van der Waals surface area contributed by atoms with Gasteiger partial charge in [0.2, 0.25) is 11.6 Å². The van der Waals surface area contributed by atoms with Crippen LogP contribution in [-0.4, -0.2) is 23.7 Å². The van der Waals surface area contributed by atoms with Gasteiger partial charge in [-0.15, -0.1) is 5.10 Å². The third-order valence-electron chi connectivity index (χ3n) is 3.40. The summed E-state index contributed by atoms with van der Waals surface area (Å²) in [7, 11) is 0. The number of carbonyl (C=O) groups excluding carboxylic acids is 2. The molecule has 0 atom stereocenters. The molecular formula is C19H14N2O3. The Labute approximate surface area is 139 Å². The molecule has 0 aliphatic carbocycles. The Bertz CT molecular complexity index is 863. The SMILES string of the molecule is Cc1ccc(C2=CC(=O)C(=NN=CC(=O)c3ccccc3)O2)cc1. The Balaban J connectivity index is 1.69. The van der Waals surface area contributed by atoms with Crippen LogP contribution in [0.15, 0.2) is 70.9 Å². The minimum absolute atomic E-state index is 0.150. The second kappa shape index (κ2) is 6.83. The van der Waals surface area contributed by atoms with Crippen molar-refractivity contribution in [2.75, 3.05) is 0 Å². The highest BCUT2D eigenvalue weighted by Gasteiger charge is 2.23. The van der Waals surface area contributed by atoms with Crippen molar-refractivity contribution in [2.24, 2.45) is 10.2 Å². The van der Waals surface area contributed by atoms with Gasteiger partial charge in [0.05, 0.1) is 6.21 Å². The normalized spacial score (nSPS) is 15.6. The summed E-state index contributed by atoms with van der Waals surface area (Å²) in [5, 5.41) is 7.36. The highest BCUT2D eigenvalue weighted by molar-refractivity contribution is 6.45. The van der Waals surface area contributed by atoms with Gasteiger partial charge in [-0.3, -0.25) is 9.59 Å². The predicted octanol–water partition coefficient (Wildman–Crippen LogP) is 3.20. The molecule has 1 heterocycles. The second-order valence-electron chi connectivity index (χ2n) is 5.22. The number of ether oxygens (including phenoxy) is 1. The van der Waals surface area contributed by atoms with Gasteiger partial charge in [0.1, 0.15) is 5.76 Å². The van der Waals surface area contributed by atoms with Gasteiger partial charge in [0.25, 0.3) is 5.90 Å². The van der Waals surface area contributed by atoms with E-state index < -0.39 is 0 Å². The van der Waals surface area contributed by atoms with Gasteiger partial charge in [-0.1, -0.05) is 60.2 Å². The van der Waals surface area contributed by atoms with Crippen LogP contribution in [0.1, 0.15) is 21.5 Å².